The summed E-state index contributed by atoms with van der Waals surface area (Å²) in [6, 6.07) is 13.3. The average molecular weight is 222 g/mol. The quantitative estimate of drug-likeness (QED) is 0.580. The summed E-state index contributed by atoms with van der Waals surface area (Å²) in [7, 11) is 0. The second-order valence-electron chi connectivity index (χ2n) is 4.69. The molecule has 0 bridgehead atoms. The first-order valence-electron chi connectivity index (χ1n) is 5.99. The largest absolute Gasteiger partial charge is 0.340 e. The maximum atomic E-state index is 4.04. The van der Waals surface area contributed by atoms with Gasteiger partial charge in [-0.3, -0.25) is 0 Å². The Balaban J connectivity index is 2.57. The molecule has 0 amide bonds. The van der Waals surface area contributed by atoms with Gasteiger partial charge in [-0.1, -0.05) is 23.3 Å². The average Bonchev–Trinajstić information content (AvgIpc) is 2.62. The van der Waals surface area contributed by atoms with Crippen LogP contribution in [0.2, 0.25) is 0 Å². The van der Waals surface area contributed by atoms with Crippen molar-refractivity contribution in [2.75, 3.05) is 0 Å². The van der Waals surface area contributed by atoms with Crippen molar-refractivity contribution >= 4 is 21.8 Å². The molecule has 3 aromatic rings. The summed E-state index contributed by atoms with van der Waals surface area (Å²) in [5, 5.41) is 2.68. The van der Waals surface area contributed by atoms with Gasteiger partial charge in [0.25, 0.3) is 0 Å². The first-order chi connectivity index (χ1) is 8.20. The molecule has 1 nitrogen and oxygen atoms in total. The number of nitrogens with zero attached hydrogens (tertiary/aromatic N) is 1. The van der Waals surface area contributed by atoms with Crippen LogP contribution >= 0.6 is 0 Å². The Morgan fingerprint density at radius 3 is 1.76 bits per heavy atom. The van der Waals surface area contributed by atoms with Gasteiger partial charge in [-0.15, -0.1) is 0 Å². The molecule has 85 valence electrons. The highest BCUT2D eigenvalue weighted by atomic mass is 15.0. The number of aromatic nitrogens is 1. The molecule has 1 heteroatoms. The number of aryl methyl sites for hydroxylation is 2. The van der Waals surface area contributed by atoms with Crippen molar-refractivity contribution in [1.29, 1.82) is 0 Å². The van der Waals surface area contributed by atoms with Crippen LogP contribution in [-0.2, 0) is 6.54 Å². The lowest BCUT2D eigenvalue weighted by molar-refractivity contribution is 0.896. The minimum absolute atomic E-state index is 0.770. The third-order valence-electron chi connectivity index (χ3n) is 3.40. The van der Waals surface area contributed by atoms with Crippen LogP contribution in [0.3, 0.4) is 0 Å². The lowest BCUT2D eigenvalue weighted by atomic mass is 10.1. The van der Waals surface area contributed by atoms with Gasteiger partial charge in [0, 0.05) is 28.4 Å². The Morgan fingerprint density at radius 2 is 1.35 bits per heavy atom. The van der Waals surface area contributed by atoms with Crippen LogP contribution < -0.4 is 0 Å². The minimum atomic E-state index is 0.770. The van der Waals surface area contributed by atoms with Gasteiger partial charge in [-0.05, 0) is 45.0 Å². The van der Waals surface area contributed by atoms with E-state index in [1.54, 1.807) is 0 Å². The summed E-state index contributed by atoms with van der Waals surface area (Å²) in [5.74, 6) is 0. The molecule has 0 saturated carbocycles. The predicted molar refractivity (Wildman–Crippen MR) is 74.3 cm³/mol. The van der Waals surface area contributed by atoms with Gasteiger partial charge in [0.05, 0.1) is 0 Å². The summed E-state index contributed by atoms with van der Waals surface area (Å²) >= 11 is 0. The smallest absolute Gasteiger partial charge is 0.0491 e. The van der Waals surface area contributed by atoms with Gasteiger partial charge in [0.15, 0.2) is 0 Å². The number of benzene rings is 2. The zero-order chi connectivity index (χ0) is 12.0. The Labute approximate surface area is 102 Å². The fourth-order valence-corrected chi connectivity index (χ4v) is 2.57. The number of hydrogen-bond donors (Lipinski definition) is 0. The SMILES string of the molecule is [CH2]Cn1c2ccc(C)cc2c2cc(C)ccc21. The zero-order valence-corrected chi connectivity index (χ0v) is 10.3. The van der Waals surface area contributed by atoms with Crippen LogP contribution in [0.5, 0.6) is 0 Å². The molecule has 1 aromatic heterocycles. The zero-order valence-electron chi connectivity index (χ0n) is 10.3. The fraction of sp³-hybridized carbons (Fsp3) is 0.188. The van der Waals surface area contributed by atoms with E-state index in [9.17, 15) is 0 Å². The van der Waals surface area contributed by atoms with Crippen molar-refractivity contribution in [3.05, 3.63) is 54.4 Å². The van der Waals surface area contributed by atoms with Crippen LogP contribution in [0.4, 0.5) is 0 Å². The first kappa shape index (κ1) is 10.4. The normalized spacial score (nSPS) is 11.5. The summed E-state index contributed by atoms with van der Waals surface area (Å²) in [6.45, 7) is 9.09. The van der Waals surface area contributed by atoms with Gasteiger partial charge in [0.2, 0.25) is 0 Å². The van der Waals surface area contributed by atoms with Crippen LogP contribution in [0.15, 0.2) is 36.4 Å². The van der Waals surface area contributed by atoms with Gasteiger partial charge in [-0.2, -0.15) is 0 Å². The van der Waals surface area contributed by atoms with E-state index in [0.717, 1.165) is 6.54 Å². The molecule has 0 atom stereocenters. The molecular formula is C16H16N. The van der Waals surface area contributed by atoms with Crippen molar-refractivity contribution in [3.63, 3.8) is 0 Å². The molecule has 0 spiro atoms. The summed E-state index contributed by atoms with van der Waals surface area (Å²) in [4.78, 5) is 0. The van der Waals surface area contributed by atoms with Crippen molar-refractivity contribution in [1.82, 2.24) is 4.57 Å². The fourth-order valence-electron chi connectivity index (χ4n) is 2.57. The molecular weight excluding hydrogens is 206 g/mol. The van der Waals surface area contributed by atoms with Crippen molar-refractivity contribution in [2.45, 2.75) is 20.4 Å². The summed E-state index contributed by atoms with van der Waals surface area (Å²) in [5.41, 5.74) is 5.18. The molecule has 0 unspecified atom stereocenters. The highest BCUT2D eigenvalue weighted by Gasteiger charge is 2.09. The van der Waals surface area contributed by atoms with Crippen LogP contribution in [0, 0.1) is 20.8 Å². The molecule has 17 heavy (non-hydrogen) atoms. The van der Waals surface area contributed by atoms with E-state index in [4.69, 9.17) is 0 Å². The van der Waals surface area contributed by atoms with Crippen LogP contribution in [0.25, 0.3) is 21.8 Å². The molecule has 0 aliphatic rings. The maximum Gasteiger partial charge on any atom is 0.0491 e. The second kappa shape index (κ2) is 3.63. The second-order valence-corrected chi connectivity index (χ2v) is 4.69. The van der Waals surface area contributed by atoms with E-state index in [1.165, 1.54) is 32.9 Å². The molecule has 1 heterocycles. The number of rotatable bonds is 1. The van der Waals surface area contributed by atoms with E-state index < -0.39 is 0 Å². The molecule has 0 N–H and O–H groups in total. The molecule has 0 fully saturated rings. The third kappa shape index (κ3) is 1.46. The van der Waals surface area contributed by atoms with Crippen molar-refractivity contribution < 1.29 is 0 Å². The van der Waals surface area contributed by atoms with Crippen LogP contribution in [0.1, 0.15) is 11.1 Å². The van der Waals surface area contributed by atoms with Crippen molar-refractivity contribution in [2.24, 2.45) is 0 Å². The maximum absolute atomic E-state index is 4.04. The molecule has 0 aliphatic heterocycles. The Bertz CT molecular complexity index is 645. The topological polar surface area (TPSA) is 4.93 Å². The van der Waals surface area contributed by atoms with E-state index in [0.29, 0.717) is 0 Å². The van der Waals surface area contributed by atoms with E-state index in [1.807, 2.05) is 0 Å². The van der Waals surface area contributed by atoms with Gasteiger partial charge in [0.1, 0.15) is 0 Å². The number of hydrogen-bond acceptors (Lipinski definition) is 0. The molecule has 3 rings (SSSR count). The monoisotopic (exact) mass is 222 g/mol. The lowest BCUT2D eigenvalue weighted by Gasteiger charge is -2.02. The van der Waals surface area contributed by atoms with E-state index in [-0.39, 0.29) is 0 Å². The van der Waals surface area contributed by atoms with Gasteiger partial charge < -0.3 is 4.57 Å². The van der Waals surface area contributed by atoms with Crippen molar-refractivity contribution in [3.8, 4) is 0 Å². The molecule has 1 radical (unpaired) electrons. The summed E-state index contributed by atoms with van der Waals surface area (Å²) in [6.07, 6.45) is 0. The lowest BCUT2D eigenvalue weighted by Crippen LogP contribution is -1.92. The van der Waals surface area contributed by atoms with E-state index in [2.05, 4.69) is 61.7 Å². The van der Waals surface area contributed by atoms with E-state index >= 15 is 0 Å². The Morgan fingerprint density at radius 1 is 0.882 bits per heavy atom. The first-order valence-corrected chi connectivity index (χ1v) is 5.99. The molecule has 0 saturated heterocycles. The molecule has 2 aromatic carbocycles. The minimum Gasteiger partial charge on any atom is -0.340 e. The third-order valence-corrected chi connectivity index (χ3v) is 3.40. The van der Waals surface area contributed by atoms with Gasteiger partial charge in [-0.25, -0.2) is 0 Å². The Hall–Kier alpha value is -1.76. The predicted octanol–water partition coefficient (Wildman–Crippen LogP) is 4.25. The summed E-state index contributed by atoms with van der Waals surface area (Å²) < 4.78 is 2.28. The highest BCUT2D eigenvalue weighted by molar-refractivity contribution is 6.08. The molecule has 0 aliphatic carbocycles. The Kier molecular flexibility index (Phi) is 2.22. The standard InChI is InChI=1S/C16H16N/c1-4-17-15-7-5-11(2)9-13(15)14-10-12(3)6-8-16(14)17/h5-10H,1,4H2,2-3H3. The van der Waals surface area contributed by atoms with Gasteiger partial charge >= 0.3 is 0 Å². The number of fused-ring (bicyclic) bond motifs is 3. The van der Waals surface area contributed by atoms with Crippen LogP contribution in [-0.4, -0.2) is 4.57 Å². The highest BCUT2D eigenvalue weighted by Crippen LogP contribution is 2.30.